The van der Waals surface area contributed by atoms with Gasteiger partial charge in [-0.2, -0.15) is 0 Å². The quantitative estimate of drug-likeness (QED) is 0.892. The van der Waals surface area contributed by atoms with E-state index in [9.17, 15) is 0 Å². The molecule has 17 heavy (non-hydrogen) atoms. The number of pyridine rings is 1. The van der Waals surface area contributed by atoms with Gasteiger partial charge in [-0.25, -0.2) is 0 Å². The Bertz CT molecular complexity index is 348. The molecule has 1 fully saturated rings. The van der Waals surface area contributed by atoms with Crippen molar-refractivity contribution in [3.8, 4) is 0 Å². The Morgan fingerprint density at radius 2 is 2.24 bits per heavy atom. The number of rotatable bonds is 4. The van der Waals surface area contributed by atoms with Gasteiger partial charge in [0, 0.05) is 17.8 Å². The maximum atomic E-state index is 5.96. The van der Waals surface area contributed by atoms with Crippen LogP contribution >= 0.6 is 11.6 Å². The predicted molar refractivity (Wildman–Crippen MR) is 71.2 cm³/mol. The summed E-state index contributed by atoms with van der Waals surface area (Å²) >= 11 is 5.96. The Hall–Kier alpha value is -0.640. The number of hydrogen-bond acceptors (Lipinski definition) is 3. The number of piperidine rings is 1. The third-order valence-electron chi connectivity index (χ3n) is 3.36. The molecule has 2 rings (SSSR count). The lowest BCUT2D eigenvalue weighted by atomic mass is 9.97. The van der Waals surface area contributed by atoms with E-state index in [0.29, 0.717) is 0 Å². The lowest BCUT2D eigenvalue weighted by Gasteiger charge is -2.31. The van der Waals surface area contributed by atoms with Gasteiger partial charge in [0.25, 0.3) is 0 Å². The largest absolute Gasteiger partial charge is 0.319 e. The average Bonchev–Trinajstić information content (AvgIpc) is 2.32. The lowest BCUT2D eigenvalue weighted by molar-refractivity contribution is 0.175. The molecule has 0 unspecified atom stereocenters. The van der Waals surface area contributed by atoms with E-state index >= 15 is 0 Å². The topological polar surface area (TPSA) is 28.2 Å². The standard InChI is InChI=1S/C13H20ClN3/c1-15-9-11-3-6-17(7-4-11)10-13-8-12(14)2-5-16-13/h2,5,8,11,15H,3-4,6-7,9-10H2,1H3. The predicted octanol–water partition coefficient (Wildman–Crippen LogP) is 2.17. The Morgan fingerprint density at radius 3 is 2.88 bits per heavy atom. The number of nitrogens with one attached hydrogen (secondary N) is 1. The van der Waals surface area contributed by atoms with E-state index in [-0.39, 0.29) is 0 Å². The van der Waals surface area contributed by atoms with Crippen molar-refractivity contribution in [1.82, 2.24) is 15.2 Å². The molecule has 1 aliphatic rings. The van der Waals surface area contributed by atoms with Gasteiger partial charge in [-0.15, -0.1) is 0 Å². The van der Waals surface area contributed by atoms with Crippen molar-refractivity contribution in [2.45, 2.75) is 19.4 Å². The highest BCUT2D eigenvalue weighted by atomic mass is 35.5. The molecular formula is C13H20ClN3. The molecule has 1 aliphatic heterocycles. The van der Waals surface area contributed by atoms with Crippen molar-refractivity contribution in [3.05, 3.63) is 29.0 Å². The van der Waals surface area contributed by atoms with Gasteiger partial charge in [0.2, 0.25) is 0 Å². The summed E-state index contributed by atoms with van der Waals surface area (Å²) in [6, 6.07) is 3.78. The van der Waals surface area contributed by atoms with Crippen LogP contribution in [0, 0.1) is 5.92 Å². The van der Waals surface area contributed by atoms with Gasteiger partial charge in [0.1, 0.15) is 0 Å². The van der Waals surface area contributed by atoms with Crippen molar-refractivity contribution >= 4 is 11.6 Å². The highest BCUT2D eigenvalue weighted by molar-refractivity contribution is 6.30. The third kappa shape index (κ3) is 3.95. The molecule has 1 saturated heterocycles. The van der Waals surface area contributed by atoms with E-state index < -0.39 is 0 Å². The highest BCUT2D eigenvalue weighted by Gasteiger charge is 2.18. The lowest BCUT2D eigenvalue weighted by Crippen LogP contribution is -2.36. The molecule has 0 bridgehead atoms. The minimum atomic E-state index is 0.778. The van der Waals surface area contributed by atoms with Gasteiger partial charge in [-0.05, 0) is 57.6 Å². The summed E-state index contributed by atoms with van der Waals surface area (Å²) in [6.07, 6.45) is 4.34. The van der Waals surface area contributed by atoms with E-state index in [2.05, 4.69) is 15.2 Å². The third-order valence-corrected chi connectivity index (χ3v) is 3.60. The first-order chi connectivity index (χ1) is 8.28. The van der Waals surface area contributed by atoms with Crippen molar-refractivity contribution in [2.75, 3.05) is 26.7 Å². The summed E-state index contributed by atoms with van der Waals surface area (Å²) in [5.74, 6) is 0.837. The van der Waals surface area contributed by atoms with Crippen molar-refractivity contribution in [2.24, 2.45) is 5.92 Å². The second-order valence-corrected chi connectivity index (χ2v) is 5.18. The van der Waals surface area contributed by atoms with Crippen LogP contribution in [0.2, 0.25) is 5.02 Å². The van der Waals surface area contributed by atoms with Crippen LogP contribution in [0.4, 0.5) is 0 Å². The molecule has 1 N–H and O–H groups in total. The smallest absolute Gasteiger partial charge is 0.0558 e. The molecule has 0 spiro atoms. The zero-order valence-corrected chi connectivity index (χ0v) is 11.1. The van der Waals surface area contributed by atoms with Crippen LogP contribution in [0.15, 0.2) is 18.3 Å². The molecule has 0 amide bonds. The maximum Gasteiger partial charge on any atom is 0.0558 e. The van der Waals surface area contributed by atoms with Gasteiger partial charge < -0.3 is 5.32 Å². The first-order valence-electron chi connectivity index (χ1n) is 6.25. The average molecular weight is 254 g/mol. The molecule has 0 saturated carbocycles. The number of nitrogens with zero attached hydrogens (tertiary/aromatic N) is 2. The number of halogens is 1. The second kappa shape index (κ2) is 6.34. The van der Waals surface area contributed by atoms with Crippen molar-refractivity contribution < 1.29 is 0 Å². The molecule has 0 radical (unpaired) electrons. The fourth-order valence-electron chi connectivity index (χ4n) is 2.40. The normalized spacial score (nSPS) is 18.5. The SMILES string of the molecule is CNCC1CCN(Cc2cc(Cl)ccn2)CC1. The van der Waals surface area contributed by atoms with Gasteiger partial charge >= 0.3 is 0 Å². The van der Waals surface area contributed by atoms with Crippen LogP contribution in [-0.4, -0.2) is 36.6 Å². The fourth-order valence-corrected chi connectivity index (χ4v) is 2.58. The minimum absolute atomic E-state index is 0.778. The molecule has 4 heteroatoms. The Balaban J connectivity index is 1.82. The zero-order chi connectivity index (χ0) is 12.1. The maximum absolute atomic E-state index is 5.96. The van der Waals surface area contributed by atoms with Gasteiger partial charge in [0.15, 0.2) is 0 Å². The molecule has 1 aromatic heterocycles. The molecule has 1 aromatic rings. The van der Waals surface area contributed by atoms with E-state index in [0.717, 1.165) is 29.7 Å². The van der Waals surface area contributed by atoms with E-state index in [1.54, 1.807) is 6.20 Å². The number of aromatic nitrogens is 1. The van der Waals surface area contributed by atoms with E-state index in [4.69, 9.17) is 11.6 Å². The molecule has 0 atom stereocenters. The van der Waals surface area contributed by atoms with Crippen molar-refractivity contribution in [3.63, 3.8) is 0 Å². The fraction of sp³-hybridized carbons (Fsp3) is 0.615. The molecule has 0 aliphatic carbocycles. The van der Waals surface area contributed by atoms with Crippen LogP contribution < -0.4 is 5.32 Å². The second-order valence-electron chi connectivity index (χ2n) is 4.74. The van der Waals surface area contributed by atoms with Crippen LogP contribution in [0.25, 0.3) is 0 Å². The number of hydrogen-bond donors (Lipinski definition) is 1. The summed E-state index contributed by atoms with van der Waals surface area (Å²) in [5.41, 5.74) is 1.07. The van der Waals surface area contributed by atoms with E-state index in [1.807, 2.05) is 19.2 Å². The molecule has 2 heterocycles. The number of likely N-dealkylation sites (tertiary alicyclic amines) is 1. The molecule has 3 nitrogen and oxygen atoms in total. The molecular weight excluding hydrogens is 234 g/mol. The molecule has 0 aromatic carbocycles. The summed E-state index contributed by atoms with van der Waals surface area (Å²) in [4.78, 5) is 6.81. The first-order valence-corrected chi connectivity index (χ1v) is 6.63. The van der Waals surface area contributed by atoms with Crippen molar-refractivity contribution in [1.29, 1.82) is 0 Å². The van der Waals surface area contributed by atoms with Gasteiger partial charge in [-0.3, -0.25) is 9.88 Å². The van der Waals surface area contributed by atoms with Crippen LogP contribution in [-0.2, 0) is 6.54 Å². The summed E-state index contributed by atoms with van der Waals surface area (Å²) in [6.45, 7) is 4.40. The Morgan fingerprint density at radius 1 is 1.47 bits per heavy atom. The van der Waals surface area contributed by atoms with Gasteiger partial charge in [-0.1, -0.05) is 11.6 Å². The van der Waals surface area contributed by atoms with Crippen LogP contribution in [0.5, 0.6) is 0 Å². The Labute approximate surface area is 108 Å². The van der Waals surface area contributed by atoms with Crippen LogP contribution in [0.3, 0.4) is 0 Å². The molecule has 94 valence electrons. The summed E-state index contributed by atoms with van der Waals surface area (Å²) in [5, 5.41) is 4.04. The highest BCUT2D eigenvalue weighted by Crippen LogP contribution is 2.18. The first kappa shape index (κ1) is 12.8. The minimum Gasteiger partial charge on any atom is -0.319 e. The Kier molecular flexibility index (Phi) is 4.77. The van der Waals surface area contributed by atoms with E-state index in [1.165, 1.54) is 25.9 Å². The monoisotopic (exact) mass is 253 g/mol. The van der Waals surface area contributed by atoms with Crippen LogP contribution in [0.1, 0.15) is 18.5 Å². The zero-order valence-electron chi connectivity index (χ0n) is 10.3. The van der Waals surface area contributed by atoms with Gasteiger partial charge in [0.05, 0.1) is 5.69 Å². The summed E-state index contributed by atoms with van der Waals surface area (Å²) < 4.78 is 0. The summed E-state index contributed by atoms with van der Waals surface area (Å²) in [7, 11) is 2.03.